The second kappa shape index (κ2) is 19.9. The Morgan fingerprint density at radius 2 is 0.808 bits per heavy atom. The number of unbranched alkanes of at least 4 members (excludes halogenated alkanes) is 13. The van der Waals surface area contributed by atoms with Crippen molar-refractivity contribution in [2.75, 3.05) is 13.2 Å². The minimum Gasteiger partial charge on any atom is -0.394 e. The van der Waals surface area contributed by atoms with Gasteiger partial charge >= 0.3 is 8.56 Å². The Balaban J connectivity index is 3.64. The van der Waals surface area contributed by atoms with Crippen molar-refractivity contribution in [3.63, 3.8) is 0 Å². The van der Waals surface area contributed by atoms with Gasteiger partial charge in [-0.3, -0.25) is 0 Å². The van der Waals surface area contributed by atoms with E-state index in [9.17, 15) is 0 Å². The summed E-state index contributed by atoms with van der Waals surface area (Å²) in [6.45, 7) is 10.8. The first-order valence-electron chi connectivity index (χ1n) is 12.0. The van der Waals surface area contributed by atoms with Crippen molar-refractivity contribution in [3.8, 4) is 0 Å². The molecule has 2 nitrogen and oxygen atoms in total. The Morgan fingerprint density at radius 1 is 0.462 bits per heavy atom. The van der Waals surface area contributed by atoms with Crippen LogP contribution in [0.25, 0.3) is 0 Å². The molecule has 0 aromatic carbocycles. The molecule has 0 heterocycles. The molecule has 158 valence electrons. The van der Waals surface area contributed by atoms with Crippen LogP contribution in [-0.4, -0.2) is 21.8 Å². The van der Waals surface area contributed by atoms with Crippen molar-refractivity contribution in [3.05, 3.63) is 0 Å². The first kappa shape index (κ1) is 26.1. The molecule has 0 saturated carbocycles. The highest BCUT2D eigenvalue weighted by molar-refractivity contribution is 6.66. The lowest BCUT2D eigenvalue weighted by molar-refractivity contribution is 0.168. The van der Waals surface area contributed by atoms with E-state index in [1.54, 1.807) is 0 Å². The van der Waals surface area contributed by atoms with Gasteiger partial charge in [-0.05, 0) is 25.4 Å². The van der Waals surface area contributed by atoms with Crippen LogP contribution in [0.15, 0.2) is 0 Å². The Bertz CT molecular complexity index is 261. The molecule has 0 spiro atoms. The van der Waals surface area contributed by atoms with Crippen LogP contribution in [0, 0.1) is 0 Å². The molecule has 0 aromatic heterocycles. The van der Waals surface area contributed by atoms with E-state index in [2.05, 4.69) is 27.3 Å². The van der Waals surface area contributed by atoms with E-state index in [1.165, 1.54) is 95.9 Å². The molecule has 3 heteroatoms. The number of hydrogen-bond acceptors (Lipinski definition) is 2. The maximum atomic E-state index is 6.23. The zero-order chi connectivity index (χ0) is 19.3. The minimum absolute atomic E-state index is 0.892. The molecule has 0 radical (unpaired) electrons. The zero-order valence-corrected chi connectivity index (χ0v) is 19.8. The maximum Gasteiger partial charge on any atom is 0.334 e. The molecular weight excluding hydrogens is 336 g/mol. The molecule has 0 aliphatic heterocycles. The minimum atomic E-state index is -1.92. The molecule has 0 aliphatic carbocycles. The van der Waals surface area contributed by atoms with Crippen LogP contribution in [0.5, 0.6) is 0 Å². The van der Waals surface area contributed by atoms with Gasteiger partial charge in [-0.2, -0.15) is 0 Å². The Labute approximate surface area is 167 Å². The summed E-state index contributed by atoms with van der Waals surface area (Å²) >= 11 is 0. The summed E-state index contributed by atoms with van der Waals surface area (Å²) < 4.78 is 12.5. The van der Waals surface area contributed by atoms with Crippen molar-refractivity contribution >= 4 is 8.56 Å². The molecule has 0 unspecified atom stereocenters. The molecule has 0 rings (SSSR count). The van der Waals surface area contributed by atoms with Crippen LogP contribution >= 0.6 is 0 Å². The topological polar surface area (TPSA) is 18.5 Å². The van der Waals surface area contributed by atoms with Gasteiger partial charge in [-0.25, -0.2) is 0 Å². The number of rotatable bonds is 21. The summed E-state index contributed by atoms with van der Waals surface area (Å²) in [7, 11) is -1.92. The first-order chi connectivity index (χ1) is 12.7. The lowest BCUT2D eigenvalue weighted by atomic mass is 10.1. The smallest absolute Gasteiger partial charge is 0.334 e. The quantitative estimate of drug-likeness (QED) is 0.146. The fourth-order valence-electron chi connectivity index (χ4n) is 3.34. The molecule has 26 heavy (non-hydrogen) atoms. The molecule has 0 fully saturated rings. The van der Waals surface area contributed by atoms with Crippen LogP contribution in [-0.2, 0) is 8.85 Å². The second-order valence-electron chi connectivity index (χ2n) is 8.18. The largest absolute Gasteiger partial charge is 0.394 e. The Kier molecular flexibility index (Phi) is 20.0. The third-order valence-electron chi connectivity index (χ3n) is 5.30. The zero-order valence-electron chi connectivity index (χ0n) is 18.8. The standard InChI is InChI=1S/C23H50O2Si/c1-5-8-11-12-13-14-15-16-17-18-19-20-23-26(4,24-21-9-6-2)25-22-10-7-3/h5-23H2,1-4H3. The van der Waals surface area contributed by atoms with E-state index in [4.69, 9.17) is 8.85 Å². The summed E-state index contributed by atoms with van der Waals surface area (Å²) in [6, 6.07) is 1.18. The van der Waals surface area contributed by atoms with Gasteiger partial charge in [0.25, 0.3) is 0 Å². The van der Waals surface area contributed by atoms with Crippen LogP contribution in [0.2, 0.25) is 12.6 Å². The lowest BCUT2D eigenvalue weighted by Crippen LogP contribution is -2.39. The third kappa shape index (κ3) is 17.5. The van der Waals surface area contributed by atoms with Crippen LogP contribution in [0.1, 0.15) is 124 Å². The fraction of sp³-hybridized carbons (Fsp3) is 1.00. The first-order valence-corrected chi connectivity index (χ1v) is 14.5. The molecule has 0 amide bonds. The average molecular weight is 387 g/mol. The van der Waals surface area contributed by atoms with Gasteiger partial charge in [0.1, 0.15) is 0 Å². The predicted octanol–water partition coefficient (Wildman–Crippen LogP) is 8.39. The van der Waals surface area contributed by atoms with Crippen LogP contribution in [0.4, 0.5) is 0 Å². The van der Waals surface area contributed by atoms with E-state index < -0.39 is 8.56 Å². The van der Waals surface area contributed by atoms with Gasteiger partial charge in [-0.1, -0.05) is 111 Å². The van der Waals surface area contributed by atoms with Crippen LogP contribution < -0.4 is 0 Å². The van der Waals surface area contributed by atoms with E-state index in [0.717, 1.165) is 26.1 Å². The van der Waals surface area contributed by atoms with Gasteiger partial charge in [0, 0.05) is 13.2 Å². The Morgan fingerprint density at radius 3 is 1.19 bits per heavy atom. The van der Waals surface area contributed by atoms with Gasteiger partial charge < -0.3 is 8.85 Å². The average Bonchev–Trinajstić information content (AvgIpc) is 2.63. The third-order valence-corrected chi connectivity index (χ3v) is 8.19. The summed E-state index contributed by atoms with van der Waals surface area (Å²) in [4.78, 5) is 0. The van der Waals surface area contributed by atoms with Crippen molar-refractivity contribution in [2.24, 2.45) is 0 Å². The van der Waals surface area contributed by atoms with Crippen molar-refractivity contribution in [2.45, 2.75) is 136 Å². The highest BCUT2D eigenvalue weighted by Gasteiger charge is 2.30. The molecule has 0 N–H and O–H groups in total. The molecule has 0 saturated heterocycles. The van der Waals surface area contributed by atoms with Gasteiger partial charge in [0.05, 0.1) is 0 Å². The Hall–Kier alpha value is 0.137. The fourth-order valence-corrected chi connectivity index (χ4v) is 5.75. The van der Waals surface area contributed by atoms with E-state index >= 15 is 0 Å². The van der Waals surface area contributed by atoms with Crippen LogP contribution in [0.3, 0.4) is 0 Å². The van der Waals surface area contributed by atoms with Gasteiger partial charge in [0.15, 0.2) is 0 Å². The molecule has 0 bridgehead atoms. The normalized spacial score (nSPS) is 12.0. The molecule has 0 atom stereocenters. The van der Waals surface area contributed by atoms with E-state index in [0.29, 0.717) is 0 Å². The summed E-state index contributed by atoms with van der Waals surface area (Å²) in [5.41, 5.74) is 0. The SMILES string of the molecule is CCCCCCCCCCCCCC[Si](C)(OCCCC)OCCCC. The molecule has 0 aliphatic rings. The number of hydrogen-bond donors (Lipinski definition) is 0. The second-order valence-corrected chi connectivity index (χ2v) is 11.5. The van der Waals surface area contributed by atoms with E-state index in [1.807, 2.05) is 0 Å². The lowest BCUT2D eigenvalue weighted by Gasteiger charge is -2.27. The van der Waals surface area contributed by atoms with Gasteiger partial charge in [-0.15, -0.1) is 0 Å². The van der Waals surface area contributed by atoms with E-state index in [-0.39, 0.29) is 0 Å². The van der Waals surface area contributed by atoms with Gasteiger partial charge in [0.2, 0.25) is 0 Å². The van der Waals surface area contributed by atoms with Crippen molar-refractivity contribution < 1.29 is 8.85 Å². The summed E-state index contributed by atoms with van der Waals surface area (Å²) in [5, 5.41) is 0. The molecular formula is C23H50O2Si. The predicted molar refractivity (Wildman–Crippen MR) is 119 cm³/mol. The summed E-state index contributed by atoms with van der Waals surface area (Å²) in [6.07, 6.45) is 21.7. The van der Waals surface area contributed by atoms with Crippen molar-refractivity contribution in [1.29, 1.82) is 0 Å². The molecule has 0 aromatic rings. The summed E-state index contributed by atoms with van der Waals surface area (Å²) in [5.74, 6) is 0. The maximum absolute atomic E-state index is 6.23. The highest BCUT2D eigenvalue weighted by atomic mass is 28.4. The van der Waals surface area contributed by atoms with Crippen molar-refractivity contribution in [1.82, 2.24) is 0 Å². The monoisotopic (exact) mass is 386 g/mol. The highest BCUT2D eigenvalue weighted by Crippen LogP contribution is 2.20.